The van der Waals surface area contributed by atoms with Crippen LogP contribution >= 0.6 is 0 Å². The van der Waals surface area contributed by atoms with E-state index >= 15 is 0 Å². The molecular weight excluding hydrogens is 200 g/mol. The van der Waals surface area contributed by atoms with Crippen LogP contribution < -0.4 is 10.6 Å². The maximum atomic E-state index is 8.95. The fraction of sp³-hybridized carbons (Fsp3) is 0.538. The summed E-state index contributed by atoms with van der Waals surface area (Å²) in [6.45, 7) is 5.93. The zero-order valence-electron chi connectivity index (χ0n) is 10.2. The van der Waals surface area contributed by atoms with Gasteiger partial charge in [0.25, 0.3) is 0 Å². The van der Waals surface area contributed by atoms with Crippen LogP contribution in [0.2, 0.25) is 0 Å². The summed E-state index contributed by atoms with van der Waals surface area (Å²) in [5.41, 5.74) is 8.27. The summed E-state index contributed by atoms with van der Waals surface area (Å²) >= 11 is 0. The number of anilines is 1. The summed E-state index contributed by atoms with van der Waals surface area (Å²) in [4.78, 5) is 2.14. The maximum Gasteiger partial charge on any atom is 0.0606 e. The first-order valence-corrected chi connectivity index (χ1v) is 5.94. The highest BCUT2D eigenvalue weighted by atomic mass is 16.3. The maximum absolute atomic E-state index is 8.95. The van der Waals surface area contributed by atoms with Crippen molar-refractivity contribution >= 4 is 5.69 Å². The Morgan fingerprint density at radius 1 is 1.25 bits per heavy atom. The Bertz CT molecular complexity index is 297. The molecule has 16 heavy (non-hydrogen) atoms. The van der Waals surface area contributed by atoms with Crippen molar-refractivity contribution in [3.05, 3.63) is 29.8 Å². The van der Waals surface area contributed by atoms with Gasteiger partial charge in [0.2, 0.25) is 0 Å². The minimum atomic E-state index is 0.127. The molecule has 0 unspecified atom stereocenters. The van der Waals surface area contributed by atoms with E-state index in [1.165, 1.54) is 5.56 Å². The highest BCUT2D eigenvalue weighted by Gasteiger charge is 2.06. The molecule has 1 rings (SSSR count). The van der Waals surface area contributed by atoms with Crippen LogP contribution in [0.1, 0.15) is 31.9 Å². The molecule has 0 aliphatic carbocycles. The predicted molar refractivity (Wildman–Crippen MR) is 68.6 cm³/mol. The molecule has 0 radical (unpaired) electrons. The minimum Gasteiger partial charge on any atom is -0.395 e. The smallest absolute Gasteiger partial charge is 0.0606 e. The lowest BCUT2D eigenvalue weighted by Crippen LogP contribution is -2.26. The number of hydrogen-bond acceptors (Lipinski definition) is 3. The van der Waals surface area contributed by atoms with Gasteiger partial charge in [-0.1, -0.05) is 19.1 Å². The Morgan fingerprint density at radius 2 is 1.88 bits per heavy atom. The molecule has 1 aromatic rings. The summed E-state index contributed by atoms with van der Waals surface area (Å²) < 4.78 is 0. The molecule has 1 aromatic carbocycles. The summed E-state index contributed by atoms with van der Waals surface area (Å²) in [5, 5.41) is 8.95. The van der Waals surface area contributed by atoms with Gasteiger partial charge < -0.3 is 15.7 Å². The lowest BCUT2D eigenvalue weighted by atomic mass is 10.1. The molecule has 3 nitrogen and oxygen atoms in total. The van der Waals surface area contributed by atoms with Crippen LogP contribution in [0.5, 0.6) is 0 Å². The lowest BCUT2D eigenvalue weighted by Gasteiger charge is -2.22. The average molecular weight is 222 g/mol. The number of aliphatic hydroxyl groups is 1. The zero-order chi connectivity index (χ0) is 12.0. The molecule has 0 aliphatic rings. The van der Waals surface area contributed by atoms with Gasteiger partial charge in [-0.3, -0.25) is 0 Å². The Morgan fingerprint density at radius 3 is 2.31 bits per heavy atom. The normalized spacial score (nSPS) is 12.5. The second kappa shape index (κ2) is 6.51. The fourth-order valence-corrected chi connectivity index (χ4v) is 1.76. The molecule has 0 aliphatic heterocycles. The van der Waals surface area contributed by atoms with E-state index in [4.69, 9.17) is 10.8 Å². The van der Waals surface area contributed by atoms with E-state index in [-0.39, 0.29) is 12.6 Å². The van der Waals surface area contributed by atoms with E-state index in [0.29, 0.717) is 6.54 Å². The average Bonchev–Trinajstić information content (AvgIpc) is 2.35. The first-order valence-electron chi connectivity index (χ1n) is 5.94. The highest BCUT2D eigenvalue weighted by molar-refractivity contribution is 5.47. The lowest BCUT2D eigenvalue weighted by molar-refractivity contribution is 0.302. The van der Waals surface area contributed by atoms with Crippen molar-refractivity contribution < 1.29 is 5.11 Å². The van der Waals surface area contributed by atoms with Crippen LogP contribution in [-0.2, 0) is 0 Å². The second-order valence-corrected chi connectivity index (χ2v) is 3.91. The van der Waals surface area contributed by atoms with Crippen LogP contribution in [0, 0.1) is 0 Å². The summed E-state index contributed by atoms with van der Waals surface area (Å²) in [7, 11) is 0. The SMILES string of the molecule is CC[C@H](N)c1ccc(N(CC)CCO)cc1. The highest BCUT2D eigenvalue weighted by Crippen LogP contribution is 2.19. The molecule has 0 saturated carbocycles. The largest absolute Gasteiger partial charge is 0.395 e. The number of benzene rings is 1. The topological polar surface area (TPSA) is 49.5 Å². The number of hydrogen-bond donors (Lipinski definition) is 2. The zero-order valence-corrected chi connectivity index (χ0v) is 10.2. The van der Waals surface area contributed by atoms with Crippen molar-refractivity contribution in [2.24, 2.45) is 5.73 Å². The first kappa shape index (κ1) is 13.0. The molecule has 0 saturated heterocycles. The number of aliphatic hydroxyl groups excluding tert-OH is 1. The van der Waals surface area contributed by atoms with Gasteiger partial charge in [-0.25, -0.2) is 0 Å². The summed E-state index contributed by atoms with van der Waals surface area (Å²) in [5.74, 6) is 0. The van der Waals surface area contributed by atoms with Crippen molar-refractivity contribution in [1.82, 2.24) is 0 Å². The van der Waals surface area contributed by atoms with Gasteiger partial charge in [0.1, 0.15) is 0 Å². The molecule has 0 heterocycles. The Hall–Kier alpha value is -1.06. The van der Waals surface area contributed by atoms with Crippen molar-refractivity contribution in [2.75, 3.05) is 24.6 Å². The van der Waals surface area contributed by atoms with E-state index in [1.807, 2.05) is 0 Å². The van der Waals surface area contributed by atoms with Crippen molar-refractivity contribution in [1.29, 1.82) is 0 Å². The van der Waals surface area contributed by atoms with Crippen LogP contribution in [-0.4, -0.2) is 24.8 Å². The molecule has 90 valence electrons. The van der Waals surface area contributed by atoms with E-state index in [2.05, 4.69) is 43.0 Å². The summed E-state index contributed by atoms with van der Waals surface area (Å²) in [6.07, 6.45) is 0.952. The van der Waals surface area contributed by atoms with Gasteiger partial charge in [-0.05, 0) is 31.0 Å². The Labute approximate surface area is 97.9 Å². The van der Waals surface area contributed by atoms with Crippen molar-refractivity contribution in [2.45, 2.75) is 26.3 Å². The van der Waals surface area contributed by atoms with Crippen molar-refractivity contribution in [3.8, 4) is 0 Å². The molecular formula is C13H22N2O. The van der Waals surface area contributed by atoms with E-state index in [0.717, 1.165) is 18.7 Å². The number of nitrogens with two attached hydrogens (primary N) is 1. The van der Waals surface area contributed by atoms with Gasteiger partial charge in [0.05, 0.1) is 6.61 Å². The number of nitrogens with zero attached hydrogens (tertiary/aromatic N) is 1. The number of likely N-dealkylation sites (N-methyl/N-ethyl adjacent to an activating group) is 1. The molecule has 0 fully saturated rings. The van der Waals surface area contributed by atoms with Gasteiger partial charge >= 0.3 is 0 Å². The standard InChI is InChI=1S/C13H22N2O/c1-3-13(14)11-5-7-12(8-6-11)15(4-2)9-10-16/h5-8,13,16H,3-4,9-10,14H2,1-2H3/t13-/m0/s1. The third-order valence-electron chi connectivity index (χ3n) is 2.88. The molecule has 0 amide bonds. The molecule has 3 heteroatoms. The fourth-order valence-electron chi connectivity index (χ4n) is 1.76. The monoisotopic (exact) mass is 222 g/mol. The molecule has 0 spiro atoms. The predicted octanol–water partition coefficient (Wildman–Crippen LogP) is 1.92. The van der Waals surface area contributed by atoms with Crippen LogP contribution in [0.25, 0.3) is 0 Å². The Balaban J connectivity index is 2.76. The van der Waals surface area contributed by atoms with E-state index < -0.39 is 0 Å². The van der Waals surface area contributed by atoms with Crippen LogP contribution in [0.15, 0.2) is 24.3 Å². The summed E-state index contributed by atoms with van der Waals surface area (Å²) in [6, 6.07) is 8.42. The van der Waals surface area contributed by atoms with Crippen LogP contribution in [0.3, 0.4) is 0 Å². The van der Waals surface area contributed by atoms with Gasteiger partial charge in [-0.15, -0.1) is 0 Å². The van der Waals surface area contributed by atoms with E-state index in [1.54, 1.807) is 0 Å². The van der Waals surface area contributed by atoms with Gasteiger partial charge in [0, 0.05) is 24.8 Å². The molecule has 0 bridgehead atoms. The quantitative estimate of drug-likeness (QED) is 0.773. The third-order valence-corrected chi connectivity index (χ3v) is 2.88. The first-order chi connectivity index (χ1) is 7.72. The van der Waals surface area contributed by atoms with Gasteiger partial charge in [-0.2, -0.15) is 0 Å². The Kier molecular flexibility index (Phi) is 5.29. The second-order valence-electron chi connectivity index (χ2n) is 3.91. The van der Waals surface area contributed by atoms with E-state index in [9.17, 15) is 0 Å². The number of rotatable bonds is 6. The molecule has 0 aromatic heterocycles. The van der Waals surface area contributed by atoms with Crippen molar-refractivity contribution in [3.63, 3.8) is 0 Å². The minimum absolute atomic E-state index is 0.127. The molecule has 1 atom stereocenters. The third kappa shape index (κ3) is 3.22. The van der Waals surface area contributed by atoms with Crippen LogP contribution in [0.4, 0.5) is 5.69 Å². The van der Waals surface area contributed by atoms with Gasteiger partial charge in [0.15, 0.2) is 0 Å². The molecule has 3 N–H and O–H groups in total.